The van der Waals surface area contributed by atoms with E-state index in [9.17, 15) is 0 Å². The van der Waals surface area contributed by atoms with Gasteiger partial charge in [-0.3, -0.25) is 0 Å². The first-order chi connectivity index (χ1) is 8.27. The minimum Gasteiger partial charge on any atom is -0.385 e. The number of nitrogens with zero attached hydrogens (tertiary/aromatic N) is 1. The van der Waals surface area contributed by atoms with Crippen molar-refractivity contribution < 1.29 is 0 Å². The number of unbranched alkanes of at least 4 members (excludes halogenated alkanes) is 2. The summed E-state index contributed by atoms with van der Waals surface area (Å²) in [5.41, 5.74) is 7.92. The van der Waals surface area contributed by atoms with Crippen LogP contribution in [0.5, 0.6) is 0 Å². The van der Waals surface area contributed by atoms with Crippen LogP contribution in [0.2, 0.25) is 0 Å². The summed E-state index contributed by atoms with van der Waals surface area (Å²) in [4.78, 5) is 2.23. The quantitative estimate of drug-likeness (QED) is 0.681. The summed E-state index contributed by atoms with van der Waals surface area (Å²) in [7, 11) is 2.11. The van der Waals surface area contributed by atoms with Crippen molar-refractivity contribution in [2.75, 3.05) is 36.9 Å². The van der Waals surface area contributed by atoms with Crippen molar-refractivity contribution in [1.29, 1.82) is 0 Å². The Balaban J connectivity index is 2.30. The SMILES string of the molecule is CCN(C)c1ccc(NCCCCCN)cc1. The van der Waals surface area contributed by atoms with E-state index in [-0.39, 0.29) is 0 Å². The Morgan fingerprint density at radius 1 is 1.12 bits per heavy atom. The largest absolute Gasteiger partial charge is 0.385 e. The molecule has 17 heavy (non-hydrogen) atoms. The third-order valence-corrected chi connectivity index (χ3v) is 2.99. The van der Waals surface area contributed by atoms with Crippen LogP contribution in [0.4, 0.5) is 11.4 Å². The second kappa shape index (κ2) is 7.96. The zero-order valence-corrected chi connectivity index (χ0v) is 11.1. The molecule has 3 nitrogen and oxygen atoms in total. The van der Waals surface area contributed by atoms with Gasteiger partial charge in [0.2, 0.25) is 0 Å². The molecule has 0 aromatic heterocycles. The van der Waals surface area contributed by atoms with Gasteiger partial charge in [-0.15, -0.1) is 0 Å². The van der Waals surface area contributed by atoms with Crippen molar-refractivity contribution >= 4 is 11.4 Å². The molecule has 0 amide bonds. The first-order valence-electron chi connectivity index (χ1n) is 6.53. The first-order valence-corrected chi connectivity index (χ1v) is 6.53. The van der Waals surface area contributed by atoms with Gasteiger partial charge in [-0.1, -0.05) is 6.42 Å². The molecule has 0 radical (unpaired) electrons. The van der Waals surface area contributed by atoms with Gasteiger partial charge in [0.1, 0.15) is 0 Å². The van der Waals surface area contributed by atoms with E-state index in [2.05, 4.69) is 48.5 Å². The molecule has 0 fully saturated rings. The molecule has 0 aliphatic heterocycles. The van der Waals surface area contributed by atoms with E-state index in [0.29, 0.717) is 0 Å². The van der Waals surface area contributed by atoms with Crippen molar-refractivity contribution in [2.24, 2.45) is 5.73 Å². The molecule has 1 rings (SSSR count). The Hall–Kier alpha value is -1.22. The number of anilines is 2. The molecule has 3 heteroatoms. The highest BCUT2D eigenvalue weighted by molar-refractivity contribution is 5.54. The third-order valence-electron chi connectivity index (χ3n) is 2.99. The number of nitrogens with two attached hydrogens (primary N) is 1. The van der Waals surface area contributed by atoms with Crippen molar-refractivity contribution in [3.63, 3.8) is 0 Å². The molecule has 0 saturated heterocycles. The lowest BCUT2D eigenvalue weighted by molar-refractivity contribution is 0.707. The molecule has 0 atom stereocenters. The molecule has 3 N–H and O–H groups in total. The van der Waals surface area contributed by atoms with Gasteiger partial charge in [0.05, 0.1) is 0 Å². The van der Waals surface area contributed by atoms with E-state index >= 15 is 0 Å². The molecular weight excluding hydrogens is 210 g/mol. The second-order valence-electron chi connectivity index (χ2n) is 4.34. The van der Waals surface area contributed by atoms with Crippen molar-refractivity contribution in [1.82, 2.24) is 0 Å². The predicted octanol–water partition coefficient (Wildman–Crippen LogP) is 2.68. The number of benzene rings is 1. The van der Waals surface area contributed by atoms with E-state index in [4.69, 9.17) is 5.73 Å². The number of nitrogens with one attached hydrogen (secondary N) is 1. The molecule has 0 aliphatic rings. The lowest BCUT2D eigenvalue weighted by Crippen LogP contribution is -2.15. The summed E-state index contributed by atoms with van der Waals surface area (Å²) in [6.45, 7) is 5.02. The zero-order chi connectivity index (χ0) is 12.5. The van der Waals surface area contributed by atoms with Gasteiger partial charge in [0, 0.05) is 31.5 Å². The summed E-state index contributed by atoms with van der Waals surface area (Å²) < 4.78 is 0. The molecule has 0 unspecified atom stereocenters. The molecule has 1 aromatic carbocycles. The topological polar surface area (TPSA) is 41.3 Å². The minimum atomic E-state index is 0.804. The summed E-state index contributed by atoms with van der Waals surface area (Å²) in [5, 5.41) is 3.43. The van der Waals surface area contributed by atoms with Crippen molar-refractivity contribution in [2.45, 2.75) is 26.2 Å². The third kappa shape index (κ3) is 5.09. The minimum absolute atomic E-state index is 0.804. The highest BCUT2D eigenvalue weighted by Crippen LogP contribution is 2.16. The number of hydrogen-bond acceptors (Lipinski definition) is 3. The standard InChI is InChI=1S/C14H25N3/c1-3-17(2)14-9-7-13(8-10-14)16-12-6-4-5-11-15/h7-10,16H,3-6,11-12,15H2,1-2H3. The average molecular weight is 235 g/mol. The Bertz CT molecular complexity index is 295. The molecule has 0 heterocycles. The monoisotopic (exact) mass is 235 g/mol. The Morgan fingerprint density at radius 3 is 2.41 bits per heavy atom. The normalized spacial score (nSPS) is 10.3. The second-order valence-corrected chi connectivity index (χ2v) is 4.34. The van der Waals surface area contributed by atoms with Crippen molar-refractivity contribution in [3.05, 3.63) is 24.3 Å². The maximum Gasteiger partial charge on any atom is 0.0365 e. The lowest BCUT2D eigenvalue weighted by atomic mass is 10.2. The maximum absolute atomic E-state index is 5.45. The van der Waals surface area contributed by atoms with Crippen molar-refractivity contribution in [3.8, 4) is 0 Å². The van der Waals surface area contributed by atoms with Gasteiger partial charge in [0.15, 0.2) is 0 Å². The highest BCUT2D eigenvalue weighted by atomic mass is 15.1. The molecule has 0 aliphatic carbocycles. The van der Waals surface area contributed by atoms with Gasteiger partial charge in [-0.05, 0) is 50.6 Å². The van der Waals surface area contributed by atoms with E-state index in [1.807, 2.05) is 0 Å². The molecule has 0 bridgehead atoms. The van der Waals surface area contributed by atoms with E-state index in [1.54, 1.807) is 0 Å². The van der Waals surface area contributed by atoms with Gasteiger partial charge in [-0.2, -0.15) is 0 Å². The predicted molar refractivity (Wildman–Crippen MR) is 76.8 cm³/mol. The molecular formula is C14H25N3. The van der Waals surface area contributed by atoms with Crippen LogP contribution in [0, 0.1) is 0 Å². The summed E-state index contributed by atoms with van der Waals surface area (Å²) in [6, 6.07) is 8.60. The number of hydrogen-bond donors (Lipinski definition) is 2. The van der Waals surface area contributed by atoms with Gasteiger partial charge in [0.25, 0.3) is 0 Å². The van der Waals surface area contributed by atoms with Crippen LogP contribution in [-0.2, 0) is 0 Å². The average Bonchev–Trinajstić information content (AvgIpc) is 2.38. The van der Waals surface area contributed by atoms with Crippen LogP contribution < -0.4 is 16.0 Å². The summed E-state index contributed by atoms with van der Waals surface area (Å²) >= 11 is 0. The van der Waals surface area contributed by atoms with Crippen LogP contribution in [0.15, 0.2) is 24.3 Å². The smallest absolute Gasteiger partial charge is 0.0365 e. The maximum atomic E-state index is 5.45. The molecule has 0 saturated carbocycles. The molecule has 96 valence electrons. The van der Waals surface area contributed by atoms with Crippen LogP contribution in [0.3, 0.4) is 0 Å². The van der Waals surface area contributed by atoms with E-state index in [0.717, 1.165) is 26.1 Å². The van der Waals surface area contributed by atoms with Crippen LogP contribution in [-0.4, -0.2) is 26.7 Å². The fourth-order valence-corrected chi connectivity index (χ4v) is 1.70. The lowest BCUT2D eigenvalue weighted by Gasteiger charge is -2.17. The summed E-state index contributed by atoms with van der Waals surface area (Å²) in [6.07, 6.45) is 3.52. The number of rotatable bonds is 8. The Morgan fingerprint density at radius 2 is 1.82 bits per heavy atom. The van der Waals surface area contributed by atoms with Crippen LogP contribution in [0.1, 0.15) is 26.2 Å². The van der Waals surface area contributed by atoms with Crippen LogP contribution in [0.25, 0.3) is 0 Å². The fourth-order valence-electron chi connectivity index (χ4n) is 1.70. The molecule has 1 aromatic rings. The van der Waals surface area contributed by atoms with Gasteiger partial charge >= 0.3 is 0 Å². The van der Waals surface area contributed by atoms with Gasteiger partial charge in [-0.25, -0.2) is 0 Å². The fraction of sp³-hybridized carbons (Fsp3) is 0.571. The van der Waals surface area contributed by atoms with Gasteiger partial charge < -0.3 is 16.0 Å². The first kappa shape index (κ1) is 13.8. The highest BCUT2D eigenvalue weighted by Gasteiger charge is 1.97. The zero-order valence-electron chi connectivity index (χ0n) is 11.1. The summed E-state index contributed by atoms with van der Waals surface area (Å²) in [5.74, 6) is 0. The Kier molecular flexibility index (Phi) is 6.48. The molecule has 0 spiro atoms. The van der Waals surface area contributed by atoms with Crippen LogP contribution >= 0.6 is 0 Å². The Labute approximate surface area is 105 Å². The van der Waals surface area contributed by atoms with E-state index in [1.165, 1.54) is 24.2 Å². The van der Waals surface area contributed by atoms with E-state index < -0.39 is 0 Å².